The topological polar surface area (TPSA) is 201 Å². The number of carbonyl (C=O) groups is 2. The third kappa shape index (κ3) is 2.86. The van der Waals surface area contributed by atoms with Crippen LogP contribution >= 0.6 is 0 Å². The normalized spacial score (nSPS) is 13.1. The first-order valence-corrected chi connectivity index (χ1v) is 10.0. The van der Waals surface area contributed by atoms with Gasteiger partial charge >= 0.3 is 0 Å². The summed E-state index contributed by atoms with van der Waals surface area (Å²) in [6.07, 6.45) is 0. The molecule has 0 saturated heterocycles. The highest BCUT2D eigenvalue weighted by Crippen LogP contribution is 2.46. The summed E-state index contributed by atoms with van der Waals surface area (Å²) in [6.45, 7) is 0. The molecule has 8 N–H and O–H groups in total. The average Bonchev–Trinajstić information content (AvgIpc) is 2.68. The van der Waals surface area contributed by atoms with Gasteiger partial charge in [0, 0.05) is 11.3 Å². The van der Waals surface area contributed by atoms with E-state index in [1.54, 1.807) is 0 Å². The van der Waals surface area contributed by atoms with Gasteiger partial charge in [0.15, 0.2) is 0 Å². The third-order valence-corrected chi connectivity index (χ3v) is 5.87. The molecule has 0 fully saturated rings. The monoisotopic (exact) mass is 442 g/mol. The Morgan fingerprint density at radius 1 is 0.774 bits per heavy atom. The van der Waals surface area contributed by atoms with Crippen molar-refractivity contribution >= 4 is 33.1 Å². The molecule has 0 amide bonds. The van der Waals surface area contributed by atoms with Gasteiger partial charge in [-0.2, -0.15) is 8.42 Å². The number of phenolic OH excluding ortho intramolecular Hbond substituents is 3. The zero-order valence-corrected chi connectivity index (χ0v) is 16.3. The number of anilines is 2. The molecule has 1 aliphatic rings. The van der Waals surface area contributed by atoms with Gasteiger partial charge < -0.3 is 26.8 Å². The lowest BCUT2D eigenvalue weighted by atomic mass is 9.80. The molecule has 1 aliphatic carbocycles. The Morgan fingerprint density at radius 3 is 1.94 bits per heavy atom. The molecule has 0 aliphatic heterocycles. The highest BCUT2D eigenvalue weighted by atomic mass is 32.2. The van der Waals surface area contributed by atoms with Crippen LogP contribution in [0, 0.1) is 0 Å². The largest absolute Gasteiger partial charge is 0.508 e. The van der Waals surface area contributed by atoms with Gasteiger partial charge in [0.2, 0.25) is 11.6 Å². The van der Waals surface area contributed by atoms with E-state index in [1.165, 1.54) is 30.3 Å². The maximum absolute atomic E-state index is 13.2. The van der Waals surface area contributed by atoms with Gasteiger partial charge in [0.25, 0.3) is 10.1 Å². The molecule has 10 nitrogen and oxygen atoms in total. The van der Waals surface area contributed by atoms with Crippen LogP contribution < -0.4 is 11.5 Å². The number of nitrogens with two attached hydrogens (primary N) is 2. The summed E-state index contributed by atoms with van der Waals surface area (Å²) in [7, 11) is -4.98. The Bertz CT molecular complexity index is 1430. The van der Waals surface area contributed by atoms with Crippen molar-refractivity contribution in [3.05, 3.63) is 58.7 Å². The van der Waals surface area contributed by atoms with Crippen LogP contribution in [0.3, 0.4) is 0 Å². The van der Waals surface area contributed by atoms with E-state index in [1.807, 2.05) is 0 Å². The molecule has 31 heavy (non-hydrogen) atoms. The van der Waals surface area contributed by atoms with Gasteiger partial charge in [-0.3, -0.25) is 14.1 Å². The Labute approximate surface area is 174 Å². The third-order valence-electron chi connectivity index (χ3n) is 5.01. The number of ketones is 2. The van der Waals surface area contributed by atoms with Crippen LogP contribution in [-0.2, 0) is 10.1 Å². The van der Waals surface area contributed by atoms with E-state index in [0.717, 1.165) is 0 Å². The molecule has 0 unspecified atom stereocenters. The Morgan fingerprint density at radius 2 is 1.35 bits per heavy atom. The van der Waals surface area contributed by atoms with Crippen molar-refractivity contribution in [2.75, 3.05) is 11.5 Å². The van der Waals surface area contributed by atoms with Crippen molar-refractivity contribution in [1.82, 2.24) is 0 Å². The molecule has 0 bridgehead atoms. The number of benzene rings is 3. The fraction of sp³-hybridized carbons (Fsp3) is 0. The van der Waals surface area contributed by atoms with E-state index >= 15 is 0 Å². The molecular weight excluding hydrogens is 428 g/mol. The molecule has 4 rings (SSSR count). The van der Waals surface area contributed by atoms with Crippen molar-refractivity contribution < 1.29 is 37.9 Å². The van der Waals surface area contributed by atoms with Crippen LogP contribution in [0.2, 0.25) is 0 Å². The lowest BCUT2D eigenvalue weighted by Gasteiger charge is -2.24. The molecule has 158 valence electrons. The van der Waals surface area contributed by atoms with Crippen LogP contribution in [-0.4, -0.2) is 39.9 Å². The second-order valence-electron chi connectivity index (χ2n) is 6.85. The van der Waals surface area contributed by atoms with Gasteiger partial charge in [-0.05, 0) is 29.8 Å². The minimum atomic E-state index is -4.98. The quantitative estimate of drug-likeness (QED) is 0.150. The number of carbonyl (C=O) groups excluding carboxylic acids is 2. The molecule has 0 aromatic heterocycles. The number of phenols is 3. The van der Waals surface area contributed by atoms with E-state index in [9.17, 15) is 37.9 Å². The zero-order valence-electron chi connectivity index (χ0n) is 15.4. The van der Waals surface area contributed by atoms with Gasteiger partial charge in [0.1, 0.15) is 22.1 Å². The number of hydrogen-bond donors (Lipinski definition) is 6. The first-order chi connectivity index (χ1) is 14.4. The molecule has 3 aromatic carbocycles. The Balaban J connectivity index is 2.07. The SMILES string of the molecule is Nc1cc(S(=O)(=O)O)c(O)c2c1C(=O)c1c(O)cc(-c3ccc(O)cc3)c(N)c1C2=O. The first kappa shape index (κ1) is 20.2. The van der Waals surface area contributed by atoms with Crippen molar-refractivity contribution in [2.24, 2.45) is 0 Å². The maximum atomic E-state index is 13.2. The number of rotatable bonds is 2. The van der Waals surface area contributed by atoms with Crippen LogP contribution in [0.15, 0.2) is 41.3 Å². The fourth-order valence-electron chi connectivity index (χ4n) is 3.61. The second-order valence-corrected chi connectivity index (χ2v) is 8.24. The summed E-state index contributed by atoms with van der Waals surface area (Å²) < 4.78 is 32.5. The summed E-state index contributed by atoms with van der Waals surface area (Å²) in [5, 5.41) is 30.4. The van der Waals surface area contributed by atoms with E-state index < -0.39 is 66.0 Å². The molecule has 11 heteroatoms. The van der Waals surface area contributed by atoms with Crippen LogP contribution in [0.4, 0.5) is 11.4 Å². The highest BCUT2D eigenvalue weighted by Gasteiger charge is 2.40. The first-order valence-electron chi connectivity index (χ1n) is 8.60. The minimum absolute atomic E-state index is 0.0391. The lowest BCUT2D eigenvalue weighted by Crippen LogP contribution is -2.25. The van der Waals surface area contributed by atoms with Crippen molar-refractivity contribution in [2.45, 2.75) is 4.90 Å². The molecule has 0 radical (unpaired) electrons. The van der Waals surface area contributed by atoms with Gasteiger partial charge in [-0.25, -0.2) is 0 Å². The molecular formula is C20H14N2O8S. The summed E-state index contributed by atoms with van der Waals surface area (Å²) in [5.41, 5.74) is 9.53. The predicted molar refractivity (Wildman–Crippen MR) is 109 cm³/mol. The van der Waals surface area contributed by atoms with Gasteiger partial charge in [0.05, 0.1) is 27.9 Å². The number of fused-ring (bicyclic) bond motifs is 2. The van der Waals surface area contributed by atoms with Crippen molar-refractivity contribution in [3.8, 4) is 28.4 Å². The average molecular weight is 442 g/mol. The fourth-order valence-corrected chi connectivity index (χ4v) is 4.23. The van der Waals surface area contributed by atoms with Crippen LogP contribution in [0.5, 0.6) is 17.2 Å². The smallest absolute Gasteiger partial charge is 0.298 e. The van der Waals surface area contributed by atoms with E-state index in [-0.39, 0.29) is 17.0 Å². The maximum Gasteiger partial charge on any atom is 0.298 e. The highest BCUT2D eigenvalue weighted by molar-refractivity contribution is 7.86. The standard InChI is InChI=1S/C20H14N2O8S/c21-10-6-12(31(28,29)30)18(25)16-13(10)19(26)14-11(24)5-9(17(22)15(14)20(16)27)7-1-3-8(23)4-2-7/h1-6,23-25H,21-22H2,(H,28,29,30). The zero-order chi connectivity index (χ0) is 22.8. The van der Waals surface area contributed by atoms with E-state index in [0.29, 0.717) is 11.6 Å². The van der Waals surface area contributed by atoms with E-state index in [4.69, 9.17) is 11.5 Å². The summed E-state index contributed by atoms with van der Waals surface area (Å²) >= 11 is 0. The number of nitrogen functional groups attached to an aromatic ring is 2. The predicted octanol–water partition coefficient (Wildman–Crippen LogP) is 1.66. The molecule has 3 aromatic rings. The van der Waals surface area contributed by atoms with Crippen molar-refractivity contribution in [1.29, 1.82) is 0 Å². The second kappa shape index (κ2) is 6.45. The molecule has 0 saturated carbocycles. The molecule has 0 spiro atoms. The molecule has 0 heterocycles. The molecule has 0 atom stereocenters. The lowest BCUT2D eigenvalue weighted by molar-refractivity contribution is 0.0975. The van der Waals surface area contributed by atoms with Crippen LogP contribution in [0.1, 0.15) is 31.8 Å². The minimum Gasteiger partial charge on any atom is -0.508 e. The van der Waals surface area contributed by atoms with Crippen LogP contribution in [0.25, 0.3) is 11.1 Å². The number of hydrogen-bond acceptors (Lipinski definition) is 9. The van der Waals surface area contributed by atoms with Gasteiger partial charge in [-0.1, -0.05) is 12.1 Å². The van der Waals surface area contributed by atoms with E-state index in [2.05, 4.69) is 0 Å². The Kier molecular flexibility index (Phi) is 4.20. The Hall–Kier alpha value is -4.09. The van der Waals surface area contributed by atoms with Crippen molar-refractivity contribution in [3.63, 3.8) is 0 Å². The summed E-state index contributed by atoms with van der Waals surface area (Å²) in [5.74, 6) is -3.81. The number of aromatic hydroxyl groups is 3. The summed E-state index contributed by atoms with van der Waals surface area (Å²) in [4.78, 5) is 25.2. The van der Waals surface area contributed by atoms with Gasteiger partial charge in [-0.15, -0.1) is 0 Å². The summed E-state index contributed by atoms with van der Waals surface area (Å²) in [6, 6.07) is 7.42.